The van der Waals surface area contributed by atoms with E-state index in [2.05, 4.69) is 34.8 Å². The van der Waals surface area contributed by atoms with Crippen molar-refractivity contribution >= 4 is 28.5 Å². The molecule has 2 nitrogen and oxygen atoms in total. The van der Waals surface area contributed by atoms with Crippen LogP contribution < -0.4 is 5.32 Å². The first-order valence-corrected chi connectivity index (χ1v) is 8.28. The molecular formula is C16H20INO. The lowest BCUT2D eigenvalue weighted by atomic mass is 9.84. The minimum absolute atomic E-state index is 0.0836. The molecule has 4 atom stereocenters. The molecule has 1 aromatic carbocycles. The Labute approximate surface area is 128 Å². The molecule has 0 radical (unpaired) electrons. The highest BCUT2D eigenvalue weighted by Crippen LogP contribution is 2.49. The van der Waals surface area contributed by atoms with Crippen LogP contribution in [0.2, 0.25) is 0 Å². The Hall–Kier alpha value is -0.580. The first-order valence-electron chi connectivity index (χ1n) is 7.20. The van der Waals surface area contributed by atoms with E-state index in [-0.39, 0.29) is 5.91 Å². The molecule has 1 amide bonds. The van der Waals surface area contributed by atoms with E-state index in [9.17, 15) is 4.79 Å². The number of amides is 1. The van der Waals surface area contributed by atoms with Crippen LogP contribution in [0.5, 0.6) is 0 Å². The molecular weight excluding hydrogens is 349 g/mol. The lowest BCUT2D eigenvalue weighted by Gasteiger charge is -2.28. The standard InChI is InChI=1S/C16H20INO/c1-10(14-9-11-6-7-12(14)8-11)18-16(19)13-4-2-3-5-15(13)17/h2-5,10-12,14H,6-9H2,1H3,(H,18,19)/t10-,11+,12+,14-/m0/s1. The lowest BCUT2D eigenvalue weighted by Crippen LogP contribution is -2.40. The van der Waals surface area contributed by atoms with Crippen LogP contribution in [-0.2, 0) is 0 Å². The number of carbonyl (C=O) groups is 1. The average Bonchev–Trinajstić information content (AvgIpc) is 3.01. The third-order valence-corrected chi connectivity index (χ3v) is 5.85. The molecule has 19 heavy (non-hydrogen) atoms. The number of hydrogen-bond acceptors (Lipinski definition) is 1. The van der Waals surface area contributed by atoms with Crippen molar-refractivity contribution in [2.75, 3.05) is 0 Å². The molecule has 3 rings (SSSR count). The largest absolute Gasteiger partial charge is 0.349 e. The number of rotatable bonds is 3. The van der Waals surface area contributed by atoms with E-state index in [1.807, 2.05) is 24.3 Å². The maximum atomic E-state index is 12.3. The average molecular weight is 369 g/mol. The maximum absolute atomic E-state index is 12.3. The molecule has 102 valence electrons. The van der Waals surface area contributed by atoms with E-state index in [1.54, 1.807) is 0 Å². The second kappa shape index (κ2) is 5.43. The molecule has 0 aliphatic heterocycles. The van der Waals surface area contributed by atoms with Gasteiger partial charge in [0, 0.05) is 9.61 Å². The molecule has 2 bridgehead atoms. The van der Waals surface area contributed by atoms with Crippen LogP contribution in [0, 0.1) is 21.3 Å². The van der Waals surface area contributed by atoms with Crippen molar-refractivity contribution in [3.05, 3.63) is 33.4 Å². The Morgan fingerprint density at radius 3 is 2.74 bits per heavy atom. The normalized spacial score (nSPS) is 30.3. The summed E-state index contributed by atoms with van der Waals surface area (Å²) < 4.78 is 1.03. The van der Waals surface area contributed by atoms with Crippen LogP contribution in [0.4, 0.5) is 0 Å². The summed E-state index contributed by atoms with van der Waals surface area (Å²) in [5.74, 6) is 2.57. The van der Waals surface area contributed by atoms with Gasteiger partial charge < -0.3 is 5.32 Å². The number of halogens is 1. The van der Waals surface area contributed by atoms with E-state index in [0.717, 1.165) is 21.0 Å². The van der Waals surface area contributed by atoms with E-state index >= 15 is 0 Å². The topological polar surface area (TPSA) is 29.1 Å². The van der Waals surface area contributed by atoms with E-state index in [1.165, 1.54) is 25.7 Å². The Bertz CT molecular complexity index is 487. The van der Waals surface area contributed by atoms with Crippen LogP contribution in [-0.4, -0.2) is 11.9 Å². The summed E-state index contributed by atoms with van der Waals surface area (Å²) in [5, 5.41) is 3.22. The van der Waals surface area contributed by atoms with Crippen LogP contribution >= 0.6 is 22.6 Å². The fraction of sp³-hybridized carbons (Fsp3) is 0.562. The second-order valence-corrected chi connectivity index (χ2v) is 7.24. The molecule has 0 unspecified atom stereocenters. The first-order chi connectivity index (χ1) is 9.15. The van der Waals surface area contributed by atoms with Gasteiger partial charge >= 0.3 is 0 Å². The number of fused-ring (bicyclic) bond motifs is 2. The third kappa shape index (κ3) is 2.67. The summed E-state index contributed by atoms with van der Waals surface area (Å²) in [7, 11) is 0. The van der Waals surface area contributed by atoms with Gasteiger partial charge in [0.15, 0.2) is 0 Å². The van der Waals surface area contributed by atoms with Gasteiger partial charge in [-0.25, -0.2) is 0 Å². The van der Waals surface area contributed by atoms with Crippen LogP contribution in [0.1, 0.15) is 43.0 Å². The fourth-order valence-electron chi connectivity index (χ4n) is 3.94. The summed E-state index contributed by atoms with van der Waals surface area (Å²) in [6.07, 6.45) is 5.50. The van der Waals surface area contributed by atoms with Crippen molar-refractivity contribution in [2.45, 2.75) is 38.6 Å². The van der Waals surface area contributed by atoms with Gasteiger partial charge in [-0.15, -0.1) is 0 Å². The lowest BCUT2D eigenvalue weighted by molar-refractivity contribution is 0.0914. The highest BCUT2D eigenvalue weighted by Gasteiger charge is 2.42. The summed E-state index contributed by atoms with van der Waals surface area (Å²) in [6.45, 7) is 2.18. The zero-order valence-electron chi connectivity index (χ0n) is 11.2. The monoisotopic (exact) mass is 369 g/mol. The first kappa shape index (κ1) is 13.4. The van der Waals surface area contributed by atoms with Crippen LogP contribution in [0.3, 0.4) is 0 Å². The molecule has 0 heterocycles. The highest BCUT2D eigenvalue weighted by atomic mass is 127. The Morgan fingerprint density at radius 2 is 2.11 bits per heavy atom. The van der Waals surface area contributed by atoms with Gasteiger partial charge in [0.05, 0.1) is 5.56 Å². The quantitative estimate of drug-likeness (QED) is 0.806. The van der Waals surface area contributed by atoms with Gasteiger partial charge in [0.25, 0.3) is 5.91 Å². The zero-order chi connectivity index (χ0) is 13.4. The van der Waals surface area contributed by atoms with Crippen molar-refractivity contribution in [3.63, 3.8) is 0 Å². The molecule has 0 spiro atoms. The van der Waals surface area contributed by atoms with Gasteiger partial charge in [-0.3, -0.25) is 4.79 Å². The summed E-state index contributed by atoms with van der Waals surface area (Å²) in [6, 6.07) is 8.10. The number of carbonyl (C=O) groups excluding carboxylic acids is 1. The van der Waals surface area contributed by atoms with E-state index < -0.39 is 0 Å². The fourth-order valence-corrected chi connectivity index (χ4v) is 4.58. The van der Waals surface area contributed by atoms with Crippen LogP contribution in [0.25, 0.3) is 0 Å². The van der Waals surface area contributed by atoms with Gasteiger partial charge in [0.1, 0.15) is 0 Å². The maximum Gasteiger partial charge on any atom is 0.252 e. The van der Waals surface area contributed by atoms with Gasteiger partial charge in [0.2, 0.25) is 0 Å². The molecule has 2 fully saturated rings. The van der Waals surface area contributed by atoms with Crippen LogP contribution in [0.15, 0.2) is 24.3 Å². The molecule has 2 saturated carbocycles. The van der Waals surface area contributed by atoms with Crippen molar-refractivity contribution in [1.82, 2.24) is 5.32 Å². The minimum atomic E-state index is 0.0836. The predicted molar refractivity (Wildman–Crippen MR) is 85.0 cm³/mol. The Kier molecular flexibility index (Phi) is 3.83. The summed E-state index contributed by atoms with van der Waals surface area (Å²) in [5.41, 5.74) is 0.804. The minimum Gasteiger partial charge on any atom is -0.349 e. The Balaban J connectivity index is 1.65. The van der Waals surface area contributed by atoms with Gasteiger partial charge in [-0.2, -0.15) is 0 Å². The smallest absolute Gasteiger partial charge is 0.252 e. The number of benzene rings is 1. The molecule has 2 aliphatic carbocycles. The van der Waals surface area contributed by atoms with Crippen molar-refractivity contribution in [1.29, 1.82) is 0 Å². The van der Waals surface area contributed by atoms with E-state index in [0.29, 0.717) is 12.0 Å². The van der Waals surface area contributed by atoms with Gasteiger partial charge in [-0.05, 0) is 78.7 Å². The predicted octanol–water partition coefficient (Wildman–Crippen LogP) is 3.85. The molecule has 0 aromatic heterocycles. The molecule has 1 N–H and O–H groups in total. The molecule has 2 aliphatic rings. The molecule has 1 aromatic rings. The summed E-state index contributed by atoms with van der Waals surface area (Å²) >= 11 is 2.23. The number of hydrogen-bond donors (Lipinski definition) is 1. The second-order valence-electron chi connectivity index (χ2n) is 6.08. The van der Waals surface area contributed by atoms with E-state index in [4.69, 9.17) is 0 Å². The number of nitrogens with one attached hydrogen (secondary N) is 1. The molecule has 0 saturated heterocycles. The highest BCUT2D eigenvalue weighted by molar-refractivity contribution is 14.1. The zero-order valence-corrected chi connectivity index (χ0v) is 13.4. The SMILES string of the molecule is C[C@H](NC(=O)c1ccccc1I)[C@@H]1C[C@@H]2CC[C@@H]1C2. The summed E-state index contributed by atoms with van der Waals surface area (Å²) in [4.78, 5) is 12.3. The molecule has 3 heteroatoms. The third-order valence-electron chi connectivity index (χ3n) is 4.91. The van der Waals surface area contributed by atoms with Crippen molar-refractivity contribution in [3.8, 4) is 0 Å². The van der Waals surface area contributed by atoms with Gasteiger partial charge in [-0.1, -0.05) is 18.6 Å². The van der Waals surface area contributed by atoms with Crippen molar-refractivity contribution < 1.29 is 4.79 Å². The van der Waals surface area contributed by atoms with Crippen molar-refractivity contribution in [2.24, 2.45) is 17.8 Å². The Morgan fingerprint density at radius 1 is 1.32 bits per heavy atom.